The minimum absolute atomic E-state index is 0.0792. The molecule has 136 valence electrons. The Morgan fingerprint density at radius 3 is 2.19 bits per heavy atom. The number of carbonyl (C=O) groups is 3. The lowest BCUT2D eigenvalue weighted by molar-refractivity contribution is -0.172. The topological polar surface area (TPSA) is 63.7 Å². The molecule has 0 atom stereocenters. The molecule has 5 heteroatoms. The average molecular weight is 353 g/mol. The number of aryl methyl sites for hydroxylation is 2. The first-order chi connectivity index (χ1) is 12.3. The van der Waals surface area contributed by atoms with Crippen molar-refractivity contribution in [2.24, 2.45) is 0 Å². The van der Waals surface area contributed by atoms with E-state index in [1.54, 1.807) is 18.9 Å². The van der Waals surface area contributed by atoms with Crippen molar-refractivity contribution < 1.29 is 19.1 Å². The van der Waals surface area contributed by atoms with Crippen LogP contribution < -0.4 is 0 Å². The Balaban J connectivity index is 1.92. The molecule has 1 aliphatic carbocycles. The van der Waals surface area contributed by atoms with Gasteiger partial charge >= 0.3 is 0 Å². The first-order valence-corrected chi connectivity index (χ1v) is 8.73. The maximum absolute atomic E-state index is 12.9. The van der Waals surface area contributed by atoms with Gasteiger partial charge in [0.25, 0.3) is 0 Å². The second-order valence-electron chi connectivity index (χ2n) is 7.34. The predicted molar refractivity (Wildman–Crippen MR) is 96.8 cm³/mol. The molecular formula is C21H23NO4. The molecule has 5 nitrogen and oxygen atoms in total. The zero-order chi connectivity index (χ0) is 19.1. The molecule has 1 saturated carbocycles. The van der Waals surface area contributed by atoms with E-state index in [2.05, 4.69) is 11.8 Å². The smallest absolute Gasteiger partial charge is 0.248 e. The normalized spacial score (nSPS) is 26.1. The summed E-state index contributed by atoms with van der Waals surface area (Å²) in [5, 5.41) is 0. The van der Waals surface area contributed by atoms with E-state index in [0.29, 0.717) is 0 Å². The van der Waals surface area contributed by atoms with Crippen LogP contribution in [0.1, 0.15) is 47.9 Å². The monoisotopic (exact) mass is 353 g/mol. The van der Waals surface area contributed by atoms with Gasteiger partial charge in [0, 0.05) is 25.5 Å². The fraction of sp³-hybridized carbons (Fsp3) is 0.476. The van der Waals surface area contributed by atoms with Crippen LogP contribution in [0.2, 0.25) is 0 Å². The number of rotatable bonds is 1. The van der Waals surface area contributed by atoms with E-state index in [-0.39, 0.29) is 43.5 Å². The quantitative estimate of drug-likeness (QED) is 0.572. The van der Waals surface area contributed by atoms with Gasteiger partial charge in [-0.2, -0.15) is 0 Å². The molecule has 26 heavy (non-hydrogen) atoms. The van der Waals surface area contributed by atoms with E-state index in [1.165, 1.54) is 0 Å². The van der Waals surface area contributed by atoms with Crippen LogP contribution in [0.5, 0.6) is 0 Å². The number of carbonyl (C=O) groups excluding carboxylic acids is 3. The minimum atomic E-state index is -0.872. The van der Waals surface area contributed by atoms with Gasteiger partial charge in [-0.3, -0.25) is 14.4 Å². The van der Waals surface area contributed by atoms with E-state index in [4.69, 9.17) is 4.74 Å². The molecule has 3 rings (SSSR count). The number of nitrogens with zero attached hydrogens (tertiary/aromatic N) is 1. The van der Waals surface area contributed by atoms with Gasteiger partial charge in [0.15, 0.2) is 11.6 Å². The largest absolute Gasteiger partial charge is 0.362 e. The van der Waals surface area contributed by atoms with Crippen LogP contribution in [-0.2, 0) is 19.1 Å². The van der Waals surface area contributed by atoms with Crippen LogP contribution in [0.15, 0.2) is 12.1 Å². The van der Waals surface area contributed by atoms with Crippen molar-refractivity contribution >= 4 is 17.5 Å². The number of benzene rings is 1. The summed E-state index contributed by atoms with van der Waals surface area (Å²) in [5.74, 6) is 4.74. The Bertz CT molecular complexity index is 817. The van der Waals surface area contributed by atoms with Crippen LogP contribution in [0, 0.1) is 25.7 Å². The van der Waals surface area contributed by atoms with Crippen LogP contribution in [0.3, 0.4) is 0 Å². The molecule has 0 aromatic heterocycles. The highest BCUT2D eigenvalue weighted by Gasteiger charge is 2.50. The van der Waals surface area contributed by atoms with Crippen molar-refractivity contribution in [1.29, 1.82) is 0 Å². The van der Waals surface area contributed by atoms with Crippen molar-refractivity contribution in [3.8, 4) is 11.8 Å². The number of hydrogen-bond donors (Lipinski definition) is 0. The molecule has 1 aromatic rings. The Morgan fingerprint density at radius 1 is 1.12 bits per heavy atom. The van der Waals surface area contributed by atoms with Gasteiger partial charge in [0.2, 0.25) is 5.91 Å². The molecule has 0 N–H and O–H groups in total. The summed E-state index contributed by atoms with van der Waals surface area (Å²) in [5.41, 5.74) is 2.61. The summed E-state index contributed by atoms with van der Waals surface area (Å²) >= 11 is 0. The minimum Gasteiger partial charge on any atom is -0.362 e. The molecule has 1 spiro atoms. The van der Waals surface area contributed by atoms with E-state index in [0.717, 1.165) is 22.3 Å². The van der Waals surface area contributed by atoms with E-state index in [9.17, 15) is 14.4 Å². The SMILES string of the molecule is CC#Cc1cc(C)c(C2C(=O)CC3(CC2=O)CN(C)C(=O)CO3)c(C)c1. The number of ketones is 2. The van der Waals surface area contributed by atoms with Gasteiger partial charge in [-0.1, -0.05) is 5.92 Å². The van der Waals surface area contributed by atoms with Gasteiger partial charge in [0.05, 0.1) is 6.54 Å². The molecular weight excluding hydrogens is 330 g/mol. The Hall–Kier alpha value is -2.45. The fourth-order valence-corrected chi connectivity index (χ4v) is 4.15. The second kappa shape index (κ2) is 6.69. The number of Topliss-reactive ketones (excluding diaryl/α,β-unsaturated/α-hetero) is 2. The predicted octanol–water partition coefficient (Wildman–Crippen LogP) is 1.92. The third kappa shape index (κ3) is 3.17. The molecule has 1 saturated heterocycles. The molecule has 0 unspecified atom stereocenters. The van der Waals surface area contributed by atoms with Gasteiger partial charge in [-0.25, -0.2) is 0 Å². The van der Waals surface area contributed by atoms with Crippen LogP contribution >= 0.6 is 0 Å². The summed E-state index contributed by atoms with van der Waals surface area (Å²) in [6.07, 6.45) is 0.298. The molecule has 1 amide bonds. The lowest BCUT2D eigenvalue weighted by Crippen LogP contribution is -2.58. The van der Waals surface area contributed by atoms with Crippen LogP contribution in [0.4, 0.5) is 0 Å². The maximum Gasteiger partial charge on any atom is 0.248 e. The Morgan fingerprint density at radius 2 is 1.69 bits per heavy atom. The number of amides is 1. The summed E-state index contributed by atoms with van der Waals surface area (Å²) < 4.78 is 5.67. The first-order valence-electron chi connectivity index (χ1n) is 8.73. The molecule has 1 heterocycles. The Labute approximate surface area is 153 Å². The number of morpholine rings is 1. The van der Waals surface area contributed by atoms with Crippen molar-refractivity contribution in [2.45, 2.75) is 45.1 Å². The second-order valence-corrected chi connectivity index (χ2v) is 7.34. The van der Waals surface area contributed by atoms with E-state index in [1.807, 2.05) is 26.0 Å². The lowest BCUT2D eigenvalue weighted by Gasteiger charge is -2.44. The van der Waals surface area contributed by atoms with E-state index >= 15 is 0 Å². The lowest BCUT2D eigenvalue weighted by atomic mass is 9.71. The molecule has 0 radical (unpaired) electrons. The van der Waals surface area contributed by atoms with Gasteiger partial charge in [-0.05, 0) is 49.6 Å². The van der Waals surface area contributed by atoms with Gasteiger partial charge < -0.3 is 9.64 Å². The summed E-state index contributed by atoms with van der Waals surface area (Å²) in [6, 6.07) is 3.85. The highest BCUT2D eigenvalue weighted by atomic mass is 16.5. The maximum atomic E-state index is 12.9. The van der Waals surface area contributed by atoms with E-state index < -0.39 is 11.5 Å². The zero-order valence-corrected chi connectivity index (χ0v) is 15.6. The van der Waals surface area contributed by atoms with Crippen molar-refractivity contribution in [3.05, 3.63) is 34.4 Å². The standard InChI is InChI=1S/C21H23NO4/c1-5-6-15-7-13(2)19(14(3)8-15)20-16(23)9-21(10-17(20)24)12-22(4)18(25)11-26-21/h7-8,20H,9-12H2,1-4H3. The highest BCUT2D eigenvalue weighted by molar-refractivity contribution is 6.11. The molecule has 0 bridgehead atoms. The fourth-order valence-electron chi connectivity index (χ4n) is 4.15. The highest BCUT2D eigenvalue weighted by Crippen LogP contribution is 2.39. The van der Waals surface area contributed by atoms with Crippen molar-refractivity contribution in [1.82, 2.24) is 4.90 Å². The zero-order valence-electron chi connectivity index (χ0n) is 15.6. The summed E-state index contributed by atoms with van der Waals surface area (Å²) in [4.78, 5) is 39.1. The molecule has 2 fully saturated rings. The van der Waals surface area contributed by atoms with Crippen LogP contribution in [-0.4, -0.2) is 48.2 Å². The van der Waals surface area contributed by atoms with Crippen molar-refractivity contribution in [2.75, 3.05) is 20.2 Å². The van der Waals surface area contributed by atoms with Crippen molar-refractivity contribution in [3.63, 3.8) is 0 Å². The number of ether oxygens (including phenoxy) is 1. The summed E-state index contributed by atoms with van der Waals surface area (Å²) in [7, 11) is 1.68. The van der Waals surface area contributed by atoms with Gasteiger partial charge in [0.1, 0.15) is 18.1 Å². The van der Waals surface area contributed by atoms with Crippen LogP contribution in [0.25, 0.3) is 0 Å². The third-order valence-electron chi connectivity index (χ3n) is 5.24. The number of hydrogen-bond acceptors (Lipinski definition) is 4. The molecule has 1 aromatic carbocycles. The number of likely N-dealkylation sites (N-methyl/N-ethyl adjacent to an activating group) is 1. The van der Waals surface area contributed by atoms with Gasteiger partial charge in [-0.15, -0.1) is 5.92 Å². The Kier molecular flexibility index (Phi) is 4.72. The summed E-state index contributed by atoms with van der Waals surface area (Å²) in [6.45, 7) is 5.80. The third-order valence-corrected chi connectivity index (χ3v) is 5.24. The molecule has 1 aliphatic heterocycles. The first kappa shape index (κ1) is 18.3. The average Bonchev–Trinajstić information content (AvgIpc) is 2.54. The molecule has 2 aliphatic rings.